The van der Waals surface area contributed by atoms with Crippen molar-refractivity contribution in [2.75, 3.05) is 13.1 Å². The van der Waals surface area contributed by atoms with Gasteiger partial charge in [0.15, 0.2) is 0 Å². The number of carbonyl (C=O) groups is 2. The van der Waals surface area contributed by atoms with Crippen LogP contribution in [0, 0.1) is 12.8 Å². The number of hydrogen-bond acceptors (Lipinski definition) is 4. The maximum atomic E-state index is 12.7. The number of likely N-dealkylation sites (tertiary alicyclic amines) is 1. The smallest absolute Gasteiger partial charge is 0.293 e. The number of aryl methyl sites for hydroxylation is 1. The van der Waals surface area contributed by atoms with E-state index in [9.17, 15) is 9.59 Å². The summed E-state index contributed by atoms with van der Waals surface area (Å²) >= 11 is 6.19. The van der Waals surface area contributed by atoms with Gasteiger partial charge in [0.05, 0.1) is 16.6 Å². The first kappa shape index (κ1) is 16.4. The van der Waals surface area contributed by atoms with Crippen LogP contribution < -0.4 is 5.73 Å². The molecule has 1 aliphatic rings. The van der Waals surface area contributed by atoms with E-state index in [2.05, 4.69) is 10.1 Å². The molecule has 0 aliphatic carbocycles. The molecular formula is C16H18ClN5O2. The number of hydrogen-bond donors (Lipinski definition) is 1. The number of halogens is 1. The molecule has 8 heteroatoms. The first-order valence-corrected chi connectivity index (χ1v) is 8.12. The van der Waals surface area contributed by atoms with Gasteiger partial charge in [-0.05, 0) is 31.9 Å². The van der Waals surface area contributed by atoms with Gasteiger partial charge >= 0.3 is 0 Å². The van der Waals surface area contributed by atoms with Gasteiger partial charge in [-0.2, -0.15) is 0 Å². The Morgan fingerprint density at radius 3 is 2.79 bits per heavy atom. The molecule has 1 aromatic heterocycles. The molecule has 0 saturated carbocycles. The lowest BCUT2D eigenvalue weighted by Gasteiger charge is -2.30. The van der Waals surface area contributed by atoms with Crippen LogP contribution in [0.2, 0.25) is 5.02 Å². The Balaban J connectivity index is 1.86. The van der Waals surface area contributed by atoms with Crippen LogP contribution in [0.1, 0.15) is 29.3 Å². The third-order valence-electron chi connectivity index (χ3n) is 4.15. The highest BCUT2D eigenvalue weighted by Gasteiger charge is 2.29. The fourth-order valence-electron chi connectivity index (χ4n) is 2.87. The van der Waals surface area contributed by atoms with Gasteiger partial charge in [-0.3, -0.25) is 9.59 Å². The van der Waals surface area contributed by atoms with Gasteiger partial charge in [0.2, 0.25) is 11.7 Å². The first-order chi connectivity index (χ1) is 11.5. The summed E-state index contributed by atoms with van der Waals surface area (Å²) in [6, 6.07) is 7.22. The number of para-hydroxylation sites is 1. The van der Waals surface area contributed by atoms with Crippen LogP contribution in [0.15, 0.2) is 24.3 Å². The predicted molar refractivity (Wildman–Crippen MR) is 88.9 cm³/mol. The largest absolute Gasteiger partial charge is 0.369 e. The molecule has 2 heterocycles. The van der Waals surface area contributed by atoms with Crippen LogP contribution in [0.25, 0.3) is 5.69 Å². The topological polar surface area (TPSA) is 94.1 Å². The second-order valence-electron chi connectivity index (χ2n) is 5.84. The monoisotopic (exact) mass is 347 g/mol. The highest BCUT2D eigenvalue weighted by molar-refractivity contribution is 6.32. The van der Waals surface area contributed by atoms with E-state index < -0.39 is 0 Å². The Morgan fingerprint density at radius 2 is 2.08 bits per heavy atom. The summed E-state index contributed by atoms with van der Waals surface area (Å²) in [5.74, 6) is -0.324. The lowest BCUT2D eigenvalue weighted by atomic mass is 9.97. The molecule has 2 N–H and O–H groups in total. The number of nitrogens with two attached hydrogens (primary N) is 1. The highest BCUT2D eigenvalue weighted by atomic mass is 35.5. The Hall–Kier alpha value is -2.41. The van der Waals surface area contributed by atoms with Crippen molar-refractivity contribution >= 4 is 23.4 Å². The number of amides is 2. The summed E-state index contributed by atoms with van der Waals surface area (Å²) in [6.45, 7) is 2.64. The minimum atomic E-state index is -0.377. The maximum Gasteiger partial charge on any atom is 0.293 e. The maximum absolute atomic E-state index is 12.7. The molecule has 24 heavy (non-hydrogen) atoms. The number of rotatable bonds is 3. The quantitative estimate of drug-likeness (QED) is 0.911. The van der Waals surface area contributed by atoms with Gasteiger partial charge in [0.1, 0.15) is 5.82 Å². The molecule has 0 bridgehead atoms. The lowest BCUT2D eigenvalue weighted by molar-refractivity contribution is -0.123. The van der Waals surface area contributed by atoms with E-state index in [-0.39, 0.29) is 23.6 Å². The zero-order valence-electron chi connectivity index (χ0n) is 13.3. The van der Waals surface area contributed by atoms with Crippen molar-refractivity contribution in [1.82, 2.24) is 19.7 Å². The third-order valence-corrected chi connectivity index (χ3v) is 4.47. The van der Waals surface area contributed by atoms with Crippen molar-refractivity contribution in [2.45, 2.75) is 19.8 Å². The van der Waals surface area contributed by atoms with Gasteiger partial charge in [0, 0.05) is 13.1 Å². The molecule has 1 saturated heterocycles. The molecule has 1 unspecified atom stereocenters. The predicted octanol–water partition coefficient (Wildman–Crippen LogP) is 1.57. The first-order valence-electron chi connectivity index (χ1n) is 7.74. The van der Waals surface area contributed by atoms with Gasteiger partial charge in [-0.25, -0.2) is 9.67 Å². The van der Waals surface area contributed by atoms with Crippen LogP contribution in [0.5, 0.6) is 0 Å². The summed E-state index contributed by atoms with van der Waals surface area (Å²) in [6.07, 6.45) is 1.45. The molecule has 0 radical (unpaired) electrons. The van der Waals surface area contributed by atoms with E-state index >= 15 is 0 Å². The van der Waals surface area contributed by atoms with E-state index in [1.807, 2.05) is 18.2 Å². The second kappa shape index (κ2) is 6.60. The van der Waals surface area contributed by atoms with Crippen LogP contribution in [-0.2, 0) is 4.79 Å². The number of benzene rings is 1. The molecule has 3 rings (SSSR count). The molecule has 1 aliphatic heterocycles. The van der Waals surface area contributed by atoms with Crippen LogP contribution in [0.3, 0.4) is 0 Å². The molecule has 126 valence electrons. The van der Waals surface area contributed by atoms with E-state index in [0.29, 0.717) is 36.0 Å². The van der Waals surface area contributed by atoms with Gasteiger partial charge < -0.3 is 10.6 Å². The number of piperidine rings is 1. The van der Waals surface area contributed by atoms with E-state index in [0.717, 1.165) is 6.42 Å². The van der Waals surface area contributed by atoms with Gasteiger partial charge in [0.25, 0.3) is 5.91 Å². The highest BCUT2D eigenvalue weighted by Crippen LogP contribution is 2.21. The molecule has 1 aromatic carbocycles. The standard InChI is InChI=1S/C16H18ClN5O2/c1-10-19-15(20-22(10)13-7-3-2-6-12(13)17)16(24)21-8-4-5-11(9-21)14(18)23/h2-3,6-7,11H,4-5,8-9H2,1H3,(H2,18,23). The van der Waals surface area contributed by atoms with Gasteiger partial charge in [-0.15, -0.1) is 5.10 Å². The summed E-state index contributed by atoms with van der Waals surface area (Å²) in [5.41, 5.74) is 6.03. The van der Waals surface area contributed by atoms with Crippen LogP contribution in [0.4, 0.5) is 0 Å². The number of carbonyl (C=O) groups excluding carboxylic acids is 2. The SMILES string of the molecule is Cc1nc(C(=O)N2CCCC(C(N)=O)C2)nn1-c1ccccc1Cl. The second-order valence-corrected chi connectivity index (χ2v) is 6.25. The fraction of sp³-hybridized carbons (Fsp3) is 0.375. The van der Waals surface area contributed by atoms with E-state index in [4.69, 9.17) is 17.3 Å². The number of nitrogens with zero attached hydrogens (tertiary/aromatic N) is 4. The Labute approximate surface area is 144 Å². The Kier molecular flexibility index (Phi) is 4.53. The van der Waals surface area contributed by atoms with Crippen molar-refractivity contribution in [1.29, 1.82) is 0 Å². The van der Waals surface area contributed by atoms with E-state index in [1.54, 1.807) is 22.6 Å². The molecule has 1 atom stereocenters. The third kappa shape index (κ3) is 3.12. The molecule has 2 amide bonds. The van der Waals surface area contributed by atoms with Crippen molar-refractivity contribution in [2.24, 2.45) is 11.7 Å². The Bertz CT molecular complexity index is 789. The van der Waals surface area contributed by atoms with Crippen molar-refractivity contribution in [3.05, 3.63) is 40.9 Å². The lowest BCUT2D eigenvalue weighted by Crippen LogP contribution is -2.44. The average Bonchev–Trinajstić information content (AvgIpc) is 2.96. The zero-order valence-corrected chi connectivity index (χ0v) is 14.0. The zero-order chi connectivity index (χ0) is 17.3. The van der Waals surface area contributed by atoms with Crippen molar-refractivity contribution in [3.8, 4) is 5.69 Å². The number of primary amides is 1. The summed E-state index contributed by atoms with van der Waals surface area (Å²) < 4.78 is 1.55. The summed E-state index contributed by atoms with van der Waals surface area (Å²) in [7, 11) is 0. The van der Waals surface area contributed by atoms with Gasteiger partial charge in [-0.1, -0.05) is 23.7 Å². The normalized spacial score (nSPS) is 17.8. The van der Waals surface area contributed by atoms with Crippen LogP contribution in [-0.4, -0.2) is 44.6 Å². The average molecular weight is 348 g/mol. The molecular weight excluding hydrogens is 330 g/mol. The Morgan fingerprint density at radius 1 is 1.33 bits per heavy atom. The fourth-order valence-corrected chi connectivity index (χ4v) is 3.08. The van der Waals surface area contributed by atoms with E-state index in [1.165, 1.54) is 0 Å². The van der Waals surface area contributed by atoms with Crippen LogP contribution >= 0.6 is 11.6 Å². The van der Waals surface area contributed by atoms with Crippen molar-refractivity contribution in [3.63, 3.8) is 0 Å². The molecule has 7 nitrogen and oxygen atoms in total. The molecule has 1 fully saturated rings. The summed E-state index contributed by atoms with van der Waals surface area (Å²) in [4.78, 5) is 29.9. The minimum Gasteiger partial charge on any atom is -0.369 e. The molecule has 2 aromatic rings. The number of aromatic nitrogens is 3. The molecule has 0 spiro atoms. The summed E-state index contributed by atoms with van der Waals surface area (Å²) in [5, 5.41) is 4.82. The van der Waals surface area contributed by atoms with Crippen molar-refractivity contribution < 1.29 is 9.59 Å². The minimum absolute atomic E-state index is 0.0949.